The van der Waals surface area contributed by atoms with Gasteiger partial charge in [-0.2, -0.15) is 5.10 Å². The summed E-state index contributed by atoms with van der Waals surface area (Å²) in [6, 6.07) is 10.9. The van der Waals surface area contributed by atoms with E-state index >= 15 is 0 Å². The Balaban J connectivity index is 1.70. The second-order valence-corrected chi connectivity index (χ2v) is 8.23. The molecule has 1 unspecified atom stereocenters. The van der Waals surface area contributed by atoms with Gasteiger partial charge in [-0.3, -0.25) is 14.3 Å². The largest absolute Gasteiger partial charge is 0.347 e. The van der Waals surface area contributed by atoms with E-state index in [1.54, 1.807) is 18.8 Å². The van der Waals surface area contributed by atoms with E-state index in [0.29, 0.717) is 23.5 Å². The number of nitrogens with one attached hydrogen (secondary N) is 1. The normalized spacial score (nSPS) is 14.5. The van der Waals surface area contributed by atoms with Crippen LogP contribution in [0.25, 0.3) is 11.0 Å². The third-order valence-electron chi connectivity index (χ3n) is 5.56. The lowest BCUT2D eigenvalue weighted by Crippen LogP contribution is -2.47. The molecule has 0 saturated heterocycles. The number of carbonyl (C=O) groups excluding carboxylic acids is 2. The highest BCUT2D eigenvalue weighted by Gasteiger charge is 2.30. The highest BCUT2D eigenvalue weighted by molar-refractivity contribution is 6.07. The van der Waals surface area contributed by atoms with E-state index in [0.717, 1.165) is 35.2 Å². The van der Waals surface area contributed by atoms with E-state index in [2.05, 4.69) is 10.4 Å². The van der Waals surface area contributed by atoms with Crippen LogP contribution < -0.4 is 5.32 Å². The number of hydrogen-bond acceptors (Lipinski definition) is 4. The molecule has 7 nitrogen and oxygen atoms in total. The maximum atomic E-state index is 13.4. The second kappa shape index (κ2) is 7.89. The fraction of sp³-hybridized carbons (Fsp3) is 0.391. The van der Waals surface area contributed by atoms with Crippen molar-refractivity contribution in [2.24, 2.45) is 7.05 Å². The van der Waals surface area contributed by atoms with Crippen LogP contribution >= 0.6 is 0 Å². The number of benzene rings is 1. The average molecular weight is 406 g/mol. The zero-order valence-electron chi connectivity index (χ0n) is 17.8. The first kappa shape index (κ1) is 20.1. The van der Waals surface area contributed by atoms with Gasteiger partial charge in [0.15, 0.2) is 5.65 Å². The van der Waals surface area contributed by atoms with Gasteiger partial charge in [-0.1, -0.05) is 30.3 Å². The lowest BCUT2D eigenvalue weighted by atomic mass is 10.0. The summed E-state index contributed by atoms with van der Waals surface area (Å²) in [5.41, 5.74) is 3.92. The zero-order chi connectivity index (χ0) is 21.4. The maximum Gasteiger partial charge on any atom is 0.252 e. The van der Waals surface area contributed by atoms with E-state index in [-0.39, 0.29) is 11.8 Å². The first-order valence-corrected chi connectivity index (χ1v) is 10.3. The topological polar surface area (TPSA) is 80.1 Å². The first-order chi connectivity index (χ1) is 14.3. The third kappa shape index (κ3) is 3.92. The summed E-state index contributed by atoms with van der Waals surface area (Å²) in [7, 11) is 5.25. The number of amides is 2. The molecule has 1 aliphatic carbocycles. The average Bonchev–Trinajstić information content (AvgIpc) is 3.53. The molecular weight excluding hydrogens is 378 g/mol. The predicted octanol–water partition coefficient (Wildman–Crippen LogP) is 2.58. The summed E-state index contributed by atoms with van der Waals surface area (Å²) in [6.45, 7) is 1.88. The Morgan fingerprint density at radius 2 is 1.93 bits per heavy atom. The number of aryl methyl sites for hydroxylation is 2. The molecule has 156 valence electrons. The smallest absolute Gasteiger partial charge is 0.252 e. The molecule has 1 atom stereocenters. The minimum absolute atomic E-state index is 0.136. The number of carbonyl (C=O) groups is 2. The summed E-state index contributed by atoms with van der Waals surface area (Å²) in [4.78, 5) is 32.5. The summed E-state index contributed by atoms with van der Waals surface area (Å²) in [5, 5.41) is 8.19. The molecule has 1 aliphatic rings. The van der Waals surface area contributed by atoms with Crippen molar-refractivity contribution in [2.75, 3.05) is 14.1 Å². The minimum Gasteiger partial charge on any atom is -0.347 e. The van der Waals surface area contributed by atoms with Crippen molar-refractivity contribution in [2.45, 2.75) is 38.1 Å². The van der Waals surface area contributed by atoms with Gasteiger partial charge in [0.05, 0.1) is 16.6 Å². The molecule has 0 spiro atoms. The number of aromatic nitrogens is 3. The number of hydrogen-bond donors (Lipinski definition) is 1. The quantitative estimate of drug-likeness (QED) is 0.684. The second-order valence-electron chi connectivity index (χ2n) is 8.23. The first-order valence-electron chi connectivity index (χ1n) is 10.3. The van der Waals surface area contributed by atoms with Gasteiger partial charge in [0.25, 0.3) is 5.91 Å². The molecule has 1 saturated carbocycles. The van der Waals surface area contributed by atoms with Gasteiger partial charge in [0, 0.05) is 39.2 Å². The fourth-order valence-corrected chi connectivity index (χ4v) is 3.83. The highest BCUT2D eigenvalue weighted by atomic mass is 16.2. The molecule has 0 aliphatic heterocycles. The molecule has 1 fully saturated rings. The van der Waals surface area contributed by atoms with Crippen molar-refractivity contribution in [3.8, 4) is 0 Å². The van der Waals surface area contributed by atoms with Crippen LogP contribution in [0.1, 0.15) is 46.1 Å². The fourth-order valence-electron chi connectivity index (χ4n) is 3.83. The number of fused-ring (bicyclic) bond motifs is 1. The Morgan fingerprint density at radius 3 is 2.57 bits per heavy atom. The van der Waals surface area contributed by atoms with Gasteiger partial charge < -0.3 is 10.2 Å². The van der Waals surface area contributed by atoms with Crippen molar-refractivity contribution in [3.63, 3.8) is 0 Å². The highest BCUT2D eigenvalue weighted by Crippen LogP contribution is 2.40. The number of likely N-dealkylation sites (N-methyl/N-ethyl adjacent to an activating group) is 1. The van der Waals surface area contributed by atoms with Gasteiger partial charge in [-0.25, -0.2) is 4.98 Å². The van der Waals surface area contributed by atoms with Crippen molar-refractivity contribution < 1.29 is 9.59 Å². The van der Waals surface area contributed by atoms with Crippen LogP contribution in [-0.2, 0) is 18.3 Å². The number of pyridine rings is 1. The zero-order valence-corrected chi connectivity index (χ0v) is 17.8. The van der Waals surface area contributed by atoms with E-state index in [4.69, 9.17) is 4.98 Å². The molecule has 0 bridgehead atoms. The molecule has 3 aromatic rings. The molecule has 1 aromatic carbocycles. The molecule has 1 N–H and O–H groups in total. The molecule has 2 heterocycles. The Kier molecular flexibility index (Phi) is 5.28. The van der Waals surface area contributed by atoms with E-state index < -0.39 is 6.04 Å². The summed E-state index contributed by atoms with van der Waals surface area (Å²) in [6.07, 6.45) is 2.61. The lowest BCUT2D eigenvalue weighted by Gasteiger charge is -2.22. The van der Waals surface area contributed by atoms with Crippen LogP contribution in [0.15, 0.2) is 36.4 Å². The van der Waals surface area contributed by atoms with Crippen LogP contribution in [0.3, 0.4) is 0 Å². The van der Waals surface area contributed by atoms with Crippen LogP contribution in [0.4, 0.5) is 0 Å². The van der Waals surface area contributed by atoms with Gasteiger partial charge >= 0.3 is 0 Å². The van der Waals surface area contributed by atoms with Crippen molar-refractivity contribution in [1.29, 1.82) is 0 Å². The van der Waals surface area contributed by atoms with E-state index in [1.165, 1.54) is 4.90 Å². The lowest BCUT2D eigenvalue weighted by molar-refractivity contribution is -0.130. The molecule has 7 heteroatoms. The summed E-state index contributed by atoms with van der Waals surface area (Å²) >= 11 is 0. The Bertz CT molecular complexity index is 1100. The van der Waals surface area contributed by atoms with Gasteiger partial charge in [0.1, 0.15) is 6.04 Å². The van der Waals surface area contributed by atoms with Crippen molar-refractivity contribution in [1.82, 2.24) is 25.0 Å². The van der Waals surface area contributed by atoms with Gasteiger partial charge in [-0.15, -0.1) is 0 Å². The van der Waals surface area contributed by atoms with Crippen LogP contribution in [0, 0.1) is 6.92 Å². The predicted molar refractivity (Wildman–Crippen MR) is 115 cm³/mol. The molecule has 30 heavy (non-hydrogen) atoms. The Labute approximate surface area is 176 Å². The molecule has 2 amide bonds. The van der Waals surface area contributed by atoms with Crippen molar-refractivity contribution >= 4 is 22.8 Å². The molecule has 2 aromatic heterocycles. The standard InChI is InChI=1S/C23H27N5O2/c1-14-20-17(13-18(16-10-11-16)24-21(20)28(4)26-14)22(29)25-19(23(30)27(2)3)12-15-8-6-5-7-9-15/h5-9,13,16,19H,10-12H2,1-4H3,(H,25,29). The molecule has 4 rings (SSSR count). The Hall–Kier alpha value is -3.22. The summed E-state index contributed by atoms with van der Waals surface area (Å²) < 4.78 is 1.72. The third-order valence-corrected chi connectivity index (χ3v) is 5.56. The van der Waals surface area contributed by atoms with Gasteiger partial charge in [-0.05, 0) is 31.4 Å². The number of nitrogens with zero attached hydrogens (tertiary/aromatic N) is 4. The van der Waals surface area contributed by atoms with Crippen LogP contribution in [0.5, 0.6) is 0 Å². The van der Waals surface area contributed by atoms with Crippen LogP contribution in [-0.4, -0.2) is 51.6 Å². The van der Waals surface area contributed by atoms with Crippen molar-refractivity contribution in [3.05, 3.63) is 58.9 Å². The van der Waals surface area contributed by atoms with E-state index in [1.807, 2.05) is 50.4 Å². The van der Waals surface area contributed by atoms with E-state index in [9.17, 15) is 9.59 Å². The summed E-state index contributed by atoms with van der Waals surface area (Å²) in [5.74, 6) is -0.000891. The number of rotatable bonds is 6. The minimum atomic E-state index is -0.653. The van der Waals surface area contributed by atoms with Gasteiger partial charge in [0.2, 0.25) is 5.91 Å². The monoisotopic (exact) mass is 405 g/mol. The Morgan fingerprint density at radius 1 is 1.23 bits per heavy atom. The maximum absolute atomic E-state index is 13.4. The molecule has 0 radical (unpaired) electrons. The molecular formula is C23H27N5O2. The SMILES string of the molecule is Cc1nn(C)c2nc(C3CC3)cc(C(=O)NC(Cc3ccccc3)C(=O)N(C)C)c12. The van der Waals surface area contributed by atoms with Crippen LogP contribution in [0.2, 0.25) is 0 Å².